The molecule has 4 bridgehead atoms. The second-order valence-corrected chi connectivity index (χ2v) is 7.39. The van der Waals surface area contributed by atoms with Crippen LogP contribution in [0.15, 0.2) is 48.8 Å². The minimum Gasteiger partial charge on any atom is -0.261 e. The van der Waals surface area contributed by atoms with Gasteiger partial charge in [0.25, 0.3) is 0 Å². The highest BCUT2D eigenvalue weighted by Crippen LogP contribution is 2.30. The van der Waals surface area contributed by atoms with Crippen molar-refractivity contribution in [1.82, 2.24) is 9.97 Å². The Morgan fingerprint density at radius 1 is 0.682 bits per heavy atom. The van der Waals surface area contributed by atoms with E-state index in [0.717, 1.165) is 34.4 Å². The lowest BCUT2D eigenvalue weighted by Gasteiger charge is -2.10. The molecule has 0 spiro atoms. The van der Waals surface area contributed by atoms with Crippen LogP contribution in [0.25, 0.3) is 10.8 Å². The number of rotatable bonds is 0. The summed E-state index contributed by atoms with van der Waals surface area (Å²) in [5.41, 5.74) is 5.00. The molecule has 0 radical (unpaired) electrons. The lowest BCUT2D eigenvalue weighted by molar-refractivity contribution is 1.03. The minimum atomic E-state index is 0.918. The molecule has 22 heavy (non-hydrogen) atoms. The molecule has 0 fully saturated rings. The fourth-order valence-corrected chi connectivity index (χ4v) is 4.64. The Morgan fingerprint density at radius 2 is 1.23 bits per heavy atom. The van der Waals surface area contributed by atoms with Crippen LogP contribution < -0.4 is 0 Å². The van der Waals surface area contributed by atoms with E-state index in [2.05, 4.69) is 41.4 Å². The summed E-state index contributed by atoms with van der Waals surface area (Å²) >= 11 is 3.82. The van der Waals surface area contributed by atoms with Gasteiger partial charge >= 0.3 is 0 Å². The van der Waals surface area contributed by atoms with Crippen molar-refractivity contribution < 1.29 is 0 Å². The maximum atomic E-state index is 4.71. The molecule has 2 nitrogen and oxygen atoms in total. The van der Waals surface area contributed by atoms with Gasteiger partial charge in [0.15, 0.2) is 0 Å². The molecule has 3 heterocycles. The van der Waals surface area contributed by atoms with E-state index in [1.807, 2.05) is 35.9 Å². The first kappa shape index (κ1) is 14.1. The van der Waals surface area contributed by atoms with Crippen molar-refractivity contribution in [1.29, 1.82) is 0 Å². The van der Waals surface area contributed by atoms with Gasteiger partial charge in [-0.15, -0.1) is 0 Å². The van der Waals surface area contributed by atoms with Crippen LogP contribution in [0, 0.1) is 0 Å². The van der Waals surface area contributed by atoms with Crippen LogP contribution in [0.5, 0.6) is 0 Å². The highest BCUT2D eigenvalue weighted by molar-refractivity contribution is 7.98. The van der Waals surface area contributed by atoms with Gasteiger partial charge in [0.05, 0.1) is 11.4 Å². The summed E-state index contributed by atoms with van der Waals surface area (Å²) in [6.07, 6.45) is 3.78. The second-order valence-electron chi connectivity index (χ2n) is 5.42. The molecule has 0 atom stereocenters. The van der Waals surface area contributed by atoms with E-state index < -0.39 is 0 Å². The maximum Gasteiger partial charge on any atom is 0.0689 e. The number of fused-ring (bicyclic) bond motifs is 5. The SMILES string of the molecule is c1ccc2c3ccc(c2c1)CSCc1cncc(n1)CSC3. The summed E-state index contributed by atoms with van der Waals surface area (Å²) in [6.45, 7) is 0. The molecule has 2 aliphatic heterocycles. The molecule has 0 unspecified atom stereocenters. The Morgan fingerprint density at radius 3 is 1.77 bits per heavy atom. The van der Waals surface area contributed by atoms with Crippen LogP contribution in [0.3, 0.4) is 0 Å². The number of hydrogen-bond acceptors (Lipinski definition) is 4. The third kappa shape index (κ3) is 2.85. The average molecular weight is 324 g/mol. The van der Waals surface area contributed by atoms with Crippen molar-refractivity contribution in [2.24, 2.45) is 0 Å². The molecular weight excluding hydrogens is 308 g/mol. The zero-order valence-electron chi connectivity index (χ0n) is 12.2. The zero-order valence-corrected chi connectivity index (χ0v) is 13.8. The molecule has 0 amide bonds. The van der Waals surface area contributed by atoms with Crippen molar-refractivity contribution in [2.45, 2.75) is 23.0 Å². The van der Waals surface area contributed by atoms with Crippen molar-refractivity contribution in [3.63, 3.8) is 0 Å². The van der Waals surface area contributed by atoms with E-state index >= 15 is 0 Å². The van der Waals surface area contributed by atoms with Crippen molar-refractivity contribution in [3.05, 3.63) is 71.3 Å². The van der Waals surface area contributed by atoms with E-state index in [1.54, 1.807) is 0 Å². The Bertz CT molecular complexity index is 753. The molecule has 0 N–H and O–H groups in total. The summed E-state index contributed by atoms with van der Waals surface area (Å²) < 4.78 is 0. The molecule has 0 aliphatic carbocycles. The van der Waals surface area contributed by atoms with Gasteiger partial charge in [-0.1, -0.05) is 36.4 Å². The predicted octanol–water partition coefficient (Wildman–Crippen LogP) is 4.81. The molecular formula is C18H16N2S2. The number of benzene rings is 2. The van der Waals surface area contributed by atoms with Crippen LogP contribution in [0.1, 0.15) is 22.5 Å². The molecule has 5 rings (SSSR count). The van der Waals surface area contributed by atoms with Gasteiger partial charge < -0.3 is 0 Å². The zero-order chi connectivity index (χ0) is 14.8. The number of thioether (sulfide) groups is 2. The van der Waals surface area contributed by atoms with Crippen LogP contribution in [-0.4, -0.2) is 9.97 Å². The second kappa shape index (κ2) is 6.31. The van der Waals surface area contributed by atoms with Crippen molar-refractivity contribution in [3.8, 4) is 0 Å². The Hall–Kier alpha value is -1.52. The molecule has 0 saturated carbocycles. The quantitative estimate of drug-likeness (QED) is 0.592. The van der Waals surface area contributed by atoms with Crippen LogP contribution in [-0.2, 0) is 23.0 Å². The monoisotopic (exact) mass is 324 g/mol. The Labute approximate surface area is 138 Å². The number of nitrogens with zero attached hydrogens (tertiary/aromatic N) is 2. The van der Waals surface area contributed by atoms with Crippen molar-refractivity contribution >= 4 is 34.3 Å². The number of hydrogen-bond donors (Lipinski definition) is 0. The molecule has 0 saturated heterocycles. The third-order valence-corrected chi connectivity index (χ3v) is 5.88. The molecule has 2 aliphatic rings. The molecule has 4 heteroatoms. The third-order valence-electron chi connectivity index (χ3n) is 3.85. The predicted molar refractivity (Wildman–Crippen MR) is 96.0 cm³/mol. The molecule has 2 aromatic carbocycles. The highest BCUT2D eigenvalue weighted by Gasteiger charge is 2.09. The summed E-state index contributed by atoms with van der Waals surface area (Å²) in [6, 6.07) is 13.4. The Kier molecular flexibility index (Phi) is 4.04. The molecule has 1 aromatic heterocycles. The van der Waals surface area contributed by atoms with Gasteiger partial charge in [0.1, 0.15) is 0 Å². The number of aromatic nitrogens is 2. The largest absolute Gasteiger partial charge is 0.261 e. The van der Waals surface area contributed by atoms with E-state index in [1.165, 1.54) is 21.9 Å². The summed E-state index contributed by atoms with van der Waals surface area (Å²) in [5, 5.41) is 2.79. The van der Waals surface area contributed by atoms with E-state index in [-0.39, 0.29) is 0 Å². The van der Waals surface area contributed by atoms with Gasteiger partial charge in [-0.3, -0.25) is 9.97 Å². The average Bonchev–Trinajstić information content (AvgIpc) is 2.58. The van der Waals surface area contributed by atoms with Gasteiger partial charge in [-0.05, 0) is 21.9 Å². The first-order chi connectivity index (χ1) is 10.9. The lowest BCUT2D eigenvalue weighted by Crippen LogP contribution is -1.95. The normalized spacial score (nSPS) is 15.1. The van der Waals surface area contributed by atoms with Gasteiger partial charge in [0, 0.05) is 35.4 Å². The lowest BCUT2D eigenvalue weighted by atomic mass is 10.0. The fourth-order valence-electron chi connectivity index (χ4n) is 2.80. The standard InChI is InChI=1S/C18H16N2S2/c1-2-4-18-14-6-5-13(17(18)3-1)9-21-11-15-7-19-8-16(20-15)12-22-10-14/h1-8H,9-12H2. The van der Waals surface area contributed by atoms with E-state index in [9.17, 15) is 0 Å². The minimum absolute atomic E-state index is 0.918. The van der Waals surface area contributed by atoms with Crippen molar-refractivity contribution in [2.75, 3.05) is 0 Å². The fraction of sp³-hybridized carbons (Fsp3) is 0.222. The van der Waals surface area contributed by atoms with Gasteiger partial charge in [0.2, 0.25) is 0 Å². The maximum absolute atomic E-state index is 4.71. The van der Waals surface area contributed by atoms with Crippen LogP contribution in [0.2, 0.25) is 0 Å². The molecule has 3 aromatic rings. The highest BCUT2D eigenvalue weighted by atomic mass is 32.2. The van der Waals surface area contributed by atoms with Crippen LogP contribution in [0.4, 0.5) is 0 Å². The van der Waals surface area contributed by atoms with E-state index in [4.69, 9.17) is 4.98 Å². The smallest absolute Gasteiger partial charge is 0.0689 e. The summed E-state index contributed by atoms with van der Waals surface area (Å²) in [4.78, 5) is 9.05. The first-order valence-corrected chi connectivity index (χ1v) is 9.66. The van der Waals surface area contributed by atoms with Gasteiger partial charge in [-0.2, -0.15) is 23.5 Å². The first-order valence-electron chi connectivity index (χ1n) is 7.35. The van der Waals surface area contributed by atoms with E-state index in [0.29, 0.717) is 0 Å². The molecule has 110 valence electrons. The summed E-state index contributed by atoms with van der Waals surface area (Å²) in [7, 11) is 0. The Balaban J connectivity index is 1.76. The topological polar surface area (TPSA) is 25.8 Å². The van der Waals surface area contributed by atoms with Gasteiger partial charge in [-0.25, -0.2) is 0 Å². The van der Waals surface area contributed by atoms with Crippen LogP contribution >= 0.6 is 23.5 Å². The summed E-state index contributed by atoms with van der Waals surface area (Å²) in [5.74, 6) is 3.86.